The Morgan fingerprint density at radius 3 is 2.61 bits per heavy atom. The Kier molecular flexibility index (Phi) is 3.54. The first-order valence-electron chi connectivity index (χ1n) is 5.49. The first-order valence-corrected chi connectivity index (χ1v) is 5.49. The van der Waals surface area contributed by atoms with Crippen LogP contribution in [-0.4, -0.2) is 10.9 Å². The van der Waals surface area contributed by atoms with E-state index in [1.807, 2.05) is 19.1 Å². The lowest BCUT2D eigenvalue weighted by Crippen LogP contribution is -2.17. The SMILES string of the molecule is Cc1ccc(C(=O)Nc2ccncc2)c(NN)c1. The largest absolute Gasteiger partial charge is 0.323 e. The second-order valence-electron chi connectivity index (χ2n) is 3.88. The molecule has 0 unspecified atom stereocenters. The highest BCUT2D eigenvalue weighted by atomic mass is 16.1. The fourth-order valence-electron chi connectivity index (χ4n) is 1.61. The topological polar surface area (TPSA) is 80.0 Å². The molecule has 1 aromatic carbocycles. The van der Waals surface area contributed by atoms with E-state index >= 15 is 0 Å². The maximum atomic E-state index is 12.1. The second-order valence-corrected chi connectivity index (χ2v) is 3.88. The number of nitrogens with two attached hydrogens (primary N) is 1. The summed E-state index contributed by atoms with van der Waals surface area (Å²) in [4.78, 5) is 16.0. The van der Waals surface area contributed by atoms with Gasteiger partial charge in [-0.25, -0.2) is 0 Å². The monoisotopic (exact) mass is 242 g/mol. The Hall–Kier alpha value is -2.40. The van der Waals surface area contributed by atoms with E-state index in [9.17, 15) is 4.79 Å². The lowest BCUT2D eigenvalue weighted by molar-refractivity contribution is 0.102. The molecule has 0 aliphatic rings. The minimum Gasteiger partial charge on any atom is -0.323 e. The number of aromatic nitrogens is 1. The van der Waals surface area contributed by atoms with Gasteiger partial charge in [0.15, 0.2) is 0 Å². The van der Waals surface area contributed by atoms with Crippen LogP contribution in [0.3, 0.4) is 0 Å². The fourth-order valence-corrected chi connectivity index (χ4v) is 1.61. The number of carbonyl (C=O) groups excluding carboxylic acids is 1. The van der Waals surface area contributed by atoms with Crippen LogP contribution in [0.15, 0.2) is 42.7 Å². The molecule has 4 N–H and O–H groups in total. The van der Waals surface area contributed by atoms with Crippen molar-refractivity contribution in [2.24, 2.45) is 5.84 Å². The number of hydrogen-bond donors (Lipinski definition) is 3. The molecule has 2 aromatic rings. The number of rotatable bonds is 3. The van der Waals surface area contributed by atoms with E-state index in [-0.39, 0.29) is 5.91 Å². The number of amides is 1. The summed E-state index contributed by atoms with van der Waals surface area (Å²) in [7, 11) is 0. The predicted octanol–water partition coefficient (Wildman–Crippen LogP) is 1.93. The molecule has 18 heavy (non-hydrogen) atoms. The summed E-state index contributed by atoms with van der Waals surface area (Å²) in [6.45, 7) is 1.94. The molecule has 0 spiro atoms. The highest BCUT2D eigenvalue weighted by molar-refractivity contribution is 6.08. The Bertz CT molecular complexity index is 554. The van der Waals surface area contributed by atoms with Crippen LogP contribution in [0.4, 0.5) is 11.4 Å². The van der Waals surface area contributed by atoms with Crippen molar-refractivity contribution >= 4 is 17.3 Å². The van der Waals surface area contributed by atoms with E-state index in [1.54, 1.807) is 30.6 Å². The number of nitrogen functional groups attached to an aromatic ring is 1. The van der Waals surface area contributed by atoms with Gasteiger partial charge in [0.1, 0.15) is 0 Å². The number of aryl methyl sites for hydroxylation is 1. The van der Waals surface area contributed by atoms with Crippen LogP contribution < -0.4 is 16.6 Å². The standard InChI is InChI=1S/C13H14N4O/c1-9-2-3-11(12(8-9)17-14)13(18)16-10-4-6-15-7-5-10/h2-8,17H,14H2,1H3,(H,15,16,18). The molecule has 0 aliphatic heterocycles. The highest BCUT2D eigenvalue weighted by Gasteiger charge is 2.11. The van der Waals surface area contributed by atoms with E-state index < -0.39 is 0 Å². The van der Waals surface area contributed by atoms with Crippen molar-refractivity contribution in [3.8, 4) is 0 Å². The van der Waals surface area contributed by atoms with Gasteiger partial charge in [0.25, 0.3) is 5.91 Å². The van der Waals surface area contributed by atoms with E-state index in [0.29, 0.717) is 16.9 Å². The van der Waals surface area contributed by atoms with E-state index in [1.165, 1.54) is 0 Å². The van der Waals surface area contributed by atoms with Gasteiger partial charge in [-0.3, -0.25) is 15.6 Å². The normalized spacial score (nSPS) is 9.89. The Morgan fingerprint density at radius 1 is 1.22 bits per heavy atom. The average molecular weight is 242 g/mol. The summed E-state index contributed by atoms with van der Waals surface area (Å²) < 4.78 is 0. The molecule has 0 radical (unpaired) electrons. The van der Waals surface area contributed by atoms with Gasteiger partial charge in [-0.1, -0.05) is 6.07 Å². The van der Waals surface area contributed by atoms with Crippen LogP contribution in [0, 0.1) is 6.92 Å². The second kappa shape index (κ2) is 5.29. The number of nitrogens with zero attached hydrogens (tertiary/aromatic N) is 1. The lowest BCUT2D eigenvalue weighted by Gasteiger charge is -2.10. The highest BCUT2D eigenvalue weighted by Crippen LogP contribution is 2.18. The zero-order chi connectivity index (χ0) is 13.0. The first kappa shape index (κ1) is 12.1. The van der Waals surface area contributed by atoms with Gasteiger partial charge < -0.3 is 10.7 Å². The van der Waals surface area contributed by atoms with Gasteiger partial charge in [0, 0.05) is 18.1 Å². The molecule has 0 saturated heterocycles. The van der Waals surface area contributed by atoms with E-state index in [0.717, 1.165) is 5.56 Å². The van der Waals surface area contributed by atoms with Gasteiger partial charge >= 0.3 is 0 Å². The number of benzene rings is 1. The Balaban J connectivity index is 2.24. The summed E-state index contributed by atoms with van der Waals surface area (Å²) in [6.07, 6.45) is 3.24. The predicted molar refractivity (Wildman–Crippen MR) is 71.2 cm³/mol. The molecule has 92 valence electrons. The molecular formula is C13H14N4O. The Labute approximate surface area is 105 Å². The number of hydrogen-bond acceptors (Lipinski definition) is 4. The van der Waals surface area contributed by atoms with Crippen LogP contribution in [-0.2, 0) is 0 Å². The van der Waals surface area contributed by atoms with Crippen molar-refractivity contribution < 1.29 is 4.79 Å². The third-order valence-electron chi connectivity index (χ3n) is 2.51. The fraction of sp³-hybridized carbons (Fsp3) is 0.0769. The van der Waals surface area contributed by atoms with Crippen molar-refractivity contribution in [2.75, 3.05) is 10.7 Å². The Morgan fingerprint density at radius 2 is 1.94 bits per heavy atom. The molecule has 0 aliphatic carbocycles. The maximum absolute atomic E-state index is 12.1. The lowest BCUT2D eigenvalue weighted by atomic mass is 10.1. The quantitative estimate of drug-likeness (QED) is 0.567. The smallest absolute Gasteiger partial charge is 0.257 e. The zero-order valence-electron chi connectivity index (χ0n) is 9.97. The summed E-state index contributed by atoms with van der Waals surface area (Å²) in [6, 6.07) is 8.87. The van der Waals surface area contributed by atoms with Crippen LogP contribution in [0.1, 0.15) is 15.9 Å². The third kappa shape index (κ3) is 2.64. The van der Waals surface area contributed by atoms with Crippen LogP contribution in [0.25, 0.3) is 0 Å². The van der Waals surface area contributed by atoms with Crippen molar-refractivity contribution in [2.45, 2.75) is 6.92 Å². The van der Waals surface area contributed by atoms with Crippen molar-refractivity contribution in [3.63, 3.8) is 0 Å². The number of nitrogens with one attached hydrogen (secondary N) is 2. The zero-order valence-corrected chi connectivity index (χ0v) is 9.97. The molecule has 1 aromatic heterocycles. The van der Waals surface area contributed by atoms with Crippen molar-refractivity contribution in [3.05, 3.63) is 53.9 Å². The van der Waals surface area contributed by atoms with Crippen LogP contribution >= 0.6 is 0 Å². The van der Waals surface area contributed by atoms with E-state index in [4.69, 9.17) is 5.84 Å². The van der Waals surface area contributed by atoms with Gasteiger partial charge in [0.2, 0.25) is 0 Å². The molecule has 2 rings (SSSR count). The molecule has 0 fully saturated rings. The van der Waals surface area contributed by atoms with Gasteiger partial charge in [-0.2, -0.15) is 0 Å². The van der Waals surface area contributed by atoms with Crippen LogP contribution in [0.2, 0.25) is 0 Å². The van der Waals surface area contributed by atoms with Gasteiger partial charge in [-0.15, -0.1) is 0 Å². The third-order valence-corrected chi connectivity index (χ3v) is 2.51. The van der Waals surface area contributed by atoms with E-state index in [2.05, 4.69) is 15.7 Å². The molecule has 5 nitrogen and oxygen atoms in total. The maximum Gasteiger partial charge on any atom is 0.257 e. The molecule has 0 saturated carbocycles. The summed E-state index contributed by atoms with van der Waals surface area (Å²) in [5, 5.41) is 2.78. The number of anilines is 2. The van der Waals surface area contributed by atoms with Crippen molar-refractivity contribution in [1.29, 1.82) is 0 Å². The number of carbonyl (C=O) groups is 1. The number of hydrazine groups is 1. The van der Waals surface area contributed by atoms with Gasteiger partial charge in [0.05, 0.1) is 11.3 Å². The molecule has 0 bridgehead atoms. The molecule has 0 atom stereocenters. The summed E-state index contributed by atoms with van der Waals surface area (Å²) >= 11 is 0. The first-order chi connectivity index (χ1) is 8.70. The van der Waals surface area contributed by atoms with Gasteiger partial charge in [-0.05, 0) is 36.8 Å². The summed E-state index contributed by atoms with van der Waals surface area (Å²) in [5.41, 5.74) is 5.35. The average Bonchev–Trinajstić information content (AvgIpc) is 2.39. The molecule has 1 heterocycles. The molecular weight excluding hydrogens is 228 g/mol. The van der Waals surface area contributed by atoms with Crippen LogP contribution in [0.5, 0.6) is 0 Å². The minimum atomic E-state index is -0.214. The number of pyridine rings is 1. The molecule has 5 heteroatoms. The minimum absolute atomic E-state index is 0.214. The summed E-state index contributed by atoms with van der Waals surface area (Å²) in [5.74, 6) is 5.20. The van der Waals surface area contributed by atoms with Crippen molar-refractivity contribution in [1.82, 2.24) is 4.98 Å². The molecule has 1 amide bonds.